The Balaban J connectivity index is 1.27. The highest BCUT2D eigenvalue weighted by molar-refractivity contribution is 7.19. The number of nitrogens with one attached hydrogen (secondary N) is 2. The van der Waals surface area contributed by atoms with Crippen molar-refractivity contribution >= 4 is 39.6 Å². The maximum atomic E-state index is 12.5. The summed E-state index contributed by atoms with van der Waals surface area (Å²) < 4.78 is 12.0. The van der Waals surface area contributed by atoms with Crippen molar-refractivity contribution in [1.82, 2.24) is 25.5 Å². The van der Waals surface area contributed by atoms with Gasteiger partial charge in [0.05, 0.1) is 5.39 Å². The molecular weight excluding hydrogens is 482 g/mol. The van der Waals surface area contributed by atoms with Gasteiger partial charge in [-0.2, -0.15) is 0 Å². The Morgan fingerprint density at radius 3 is 2.58 bits per heavy atom. The van der Waals surface area contributed by atoms with Crippen molar-refractivity contribution in [2.45, 2.75) is 95.4 Å². The second-order valence-electron chi connectivity index (χ2n) is 10.9. The van der Waals surface area contributed by atoms with Gasteiger partial charge >= 0.3 is 12.1 Å². The van der Waals surface area contributed by atoms with E-state index in [-0.39, 0.29) is 30.1 Å². The molecule has 2 aromatic rings. The molecule has 194 valence electrons. The van der Waals surface area contributed by atoms with E-state index >= 15 is 0 Å². The summed E-state index contributed by atoms with van der Waals surface area (Å²) in [6, 6.07) is -0.832. The van der Waals surface area contributed by atoms with Crippen LogP contribution in [-0.4, -0.2) is 63.7 Å². The molecule has 1 aliphatic heterocycles. The number of carbonyl (C=O) groups excluding carboxylic acids is 3. The first kappa shape index (κ1) is 24.7. The Hall–Kier alpha value is -2.95. The van der Waals surface area contributed by atoms with Crippen molar-refractivity contribution in [2.75, 3.05) is 7.05 Å². The average Bonchev–Trinajstić information content (AvgIpc) is 3.46. The van der Waals surface area contributed by atoms with Crippen molar-refractivity contribution in [3.8, 4) is 5.88 Å². The zero-order chi connectivity index (χ0) is 25.6. The van der Waals surface area contributed by atoms with E-state index in [1.807, 2.05) is 20.8 Å². The van der Waals surface area contributed by atoms with Crippen LogP contribution >= 0.6 is 11.3 Å². The van der Waals surface area contributed by atoms with Gasteiger partial charge in [-0.25, -0.2) is 19.6 Å². The quantitative estimate of drug-likeness (QED) is 0.580. The summed E-state index contributed by atoms with van der Waals surface area (Å²) in [5, 5.41) is 5.98. The number of hydrogen-bond acceptors (Lipinski definition) is 8. The van der Waals surface area contributed by atoms with Crippen LogP contribution in [0.3, 0.4) is 0 Å². The second-order valence-corrected chi connectivity index (χ2v) is 12.0. The monoisotopic (exact) mass is 515 g/mol. The molecule has 0 spiro atoms. The van der Waals surface area contributed by atoms with E-state index in [2.05, 4.69) is 20.6 Å². The van der Waals surface area contributed by atoms with E-state index in [1.54, 1.807) is 29.6 Å². The summed E-state index contributed by atoms with van der Waals surface area (Å²) in [6.45, 7) is 5.61. The van der Waals surface area contributed by atoms with Gasteiger partial charge in [0.25, 0.3) is 5.91 Å². The van der Waals surface area contributed by atoms with E-state index in [0.717, 1.165) is 54.3 Å². The minimum atomic E-state index is -0.519. The number of imide groups is 1. The molecule has 11 heteroatoms. The number of nitrogens with zero attached hydrogens (tertiary/aromatic N) is 3. The molecule has 1 saturated carbocycles. The summed E-state index contributed by atoms with van der Waals surface area (Å²) in [7, 11) is 1.80. The third-order valence-electron chi connectivity index (χ3n) is 7.23. The molecule has 0 radical (unpaired) electrons. The Labute approximate surface area is 214 Å². The third-order valence-corrected chi connectivity index (χ3v) is 8.40. The number of rotatable bonds is 5. The van der Waals surface area contributed by atoms with Crippen molar-refractivity contribution in [3.05, 3.63) is 16.8 Å². The van der Waals surface area contributed by atoms with Gasteiger partial charge in [-0.15, -0.1) is 11.3 Å². The summed E-state index contributed by atoms with van der Waals surface area (Å²) in [5.41, 5.74) is 0.647. The third kappa shape index (κ3) is 4.98. The minimum absolute atomic E-state index is 0.00156. The van der Waals surface area contributed by atoms with E-state index in [1.165, 1.54) is 4.88 Å². The van der Waals surface area contributed by atoms with E-state index in [9.17, 15) is 14.4 Å². The molecule has 3 aliphatic rings. The second kappa shape index (κ2) is 9.49. The van der Waals surface area contributed by atoms with Crippen molar-refractivity contribution < 1.29 is 23.9 Å². The molecule has 5 rings (SSSR count). The SMILES string of the molecule is CN(C(=O)OC(C)(C)C)[C@H]1CC[C@H](Oc2ncnc3sc4c(c23)[C@@H](C[C@H]2NC(=O)NC2=O)CC4)CC1. The molecule has 36 heavy (non-hydrogen) atoms. The van der Waals surface area contributed by atoms with Gasteiger partial charge in [0.15, 0.2) is 0 Å². The van der Waals surface area contributed by atoms with Gasteiger partial charge in [-0.3, -0.25) is 10.1 Å². The number of ether oxygens (including phenoxy) is 2. The summed E-state index contributed by atoms with van der Waals surface area (Å²) >= 11 is 1.66. The highest BCUT2D eigenvalue weighted by Crippen LogP contribution is 2.48. The summed E-state index contributed by atoms with van der Waals surface area (Å²) in [5.74, 6) is 0.455. The standard InChI is InChI=1S/C25H33N5O5S/c1-25(2,3)35-24(33)30(4)14-6-8-15(9-7-14)34-21-19-18-13(11-16-20(31)29-23(32)28-16)5-10-17(18)36-22(19)27-12-26-21/h12-16H,5-11H2,1-4H3,(H2,28,29,31,32)/t13-,14-,15-,16-/m1/s1. The molecule has 3 heterocycles. The zero-order valence-electron chi connectivity index (χ0n) is 21.1. The Bertz CT molecular complexity index is 1180. The lowest BCUT2D eigenvalue weighted by atomic mass is 9.92. The zero-order valence-corrected chi connectivity index (χ0v) is 21.9. The maximum Gasteiger partial charge on any atom is 0.410 e. The van der Waals surface area contributed by atoms with Crippen molar-refractivity contribution in [2.24, 2.45) is 0 Å². The normalized spacial score (nSPS) is 25.9. The molecule has 10 nitrogen and oxygen atoms in total. The predicted octanol–water partition coefficient (Wildman–Crippen LogP) is 3.88. The minimum Gasteiger partial charge on any atom is -0.474 e. The molecule has 2 aliphatic carbocycles. The first-order valence-electron chi connectivity index (χ1n) is 12.6. The molecule has 0 bridgehead atoms. The molecule has 0 unspecified atom stereocenters. The molecule has 2 atom stereocenters. The van der Waals surface area contributed by atoms with E-state index in [0.29, 0.717) is 12.3 Å². The average molecular weight is 516 g/mol. The number of fused-ring (bicyclic) bond motifs is 3. The van der Waals surface area contributed by atoms with Crippen LogP contribution < -0.4 is 15.4 Å². The molecule has 4 amide bonds. The number of amides is 4. The summed E-state index contributed by atoms with van der Waals surface area (Å²) in [4.78, 5) is 49.0. The lowest BCUT2D eigenvalue weighted by Crippen LogP contribution is -2.43. The molecule has 1 saturated heterocycles. The van der Waals surface area contributed by atoms with Crippen molar-refractivity contribution in [3.63, 3.8) is 0 Å². The molecule has 2 N–H and O–H groups in total. The number of carbonyl (C=O) groups is 3. The fourth-order valence-electron chi connectivity index (χ4n) is 5.47. The fraction of sp³-hybridized carbons (Fsp3) is 0.640. The molecule has 0 aromatic carbocycles. The Morgan fingerprint density at radius 1 is 1.17 bits per heavy atom. The maximum absolute atomic E-state index is 12.5. The van der Waals surface area contributed by atoms with Crippen LogP contribution in [0.25, 0.3) is 10.2 Å². The van der Waals surface area contributed by atoms with Gasteiger partial charge in [0.2, 0.25) is 5.88 Å². The van der Waals surface area contributed by atoms with Crippen LogP contribution in [0.4, 0.5) is 9.59 Å². The number of hydrogen-bond donors (Lipinski definition) is 2. The molecule has 2 aromatic heterocycles. The van der Waals surface area contributed by atoms with Crippen LogP contribution in [0.15, 0.2) is 6.33 Å². The fourth-order valence-corrected chi connectivity index (χ4v) is 6.70. The molecular formula is C25H33N5O5S. The first-order chi connectivity index (χ1) is 17.1. The smallest absolute Gasteiger partial charge is 0.410 e. The number of urea groups is 1. The highest BCUT2D eigenvalue weighted by atomic mass is 32.1. The molecule has 2 fully saturated rings. The van der Waals surface area contributed by atoms with Gasteiger partial charge in [0, 0.05) is 18.0 Å². The van der Waals surface area contributed by atoms with Gasteiger partial charge in [0.1, 0.15) is 28.9 Å². The topological polar surface area (TPSA) is 123 Å². The van der Waals surface area contributed by atoms with E-state index in [4.69, 9.17) is 9.47 Å². The Morgan fingerprint density at radius 2 is 1.92 bits per heavy atom. The number of aromatic nitrogens is 2. The van der Waals surface area contributed by atoms with Crippen LogP contribution in [0.5, 0.6) is 5.88 Å². The van der Waals surface area contributed by atoms with Gasteiger partial charge in [-0.1, -0.05) is 0 Å². The highest BCUT2D eigenvalue weighted by Gasteiger charge is 2.37. The Kier molecular flexibility index (Phi) is 6.52. The van der Waals surface area contributed by atoms with Gasteiger partial charge < -0.3 is 19.7 Å². The lowest BCUT2D eigenvalue weighted by Gasteiger charge is -2.35. The van der Waals surface area contributed by atoms with Crippen molar-refractivity contribution in [1.29, 1.82) is 0 Å². The van der Waals surface area contributed by atoms with Crippen LogP contribution in [0, 0.1) is 0 Å². The van der Waals surface area contributed by atoms with Crippen LogP contribution in [0.1, 0.15) is 75.7 Å². The lowest BCUT2D eigenvalue weighted by molar-refractivity contribution is -0.120. The largest absolute Gasteiger partial charge is 0.474 e. The van der Waals surface area contributed by atoms with Gasteiger partial charge in [-0.05, 0) is 77.2 Å². The number of thiophene rings is 1. The van der Waals surface area contributed by atoms with Crippen LogP contribution in [-0.2, 0) is 16.0 Å². The van der Waals surface area contributed by atoms with Crippen LogP contribution in [0.2, 0.25) is 0 Å². The number of aryl methyl sites for hydroxylation is 1. The van der Waals surface area contributed by atoms with E-state index < -0.39 is 17.7 Å². The predicted molar refractivity (Wildman–Crippen MR) is 134 cm³/mol. The first-order valence-corrected chi connectivity index (χ1v) is 13.4. The summed E-state index contributed by atoms with van der Waals surface area (Å²) in [6.07, 6.45) is 6.93.